The van der Waals surface area contributed by atoms with Gasteiger partial charge in [-0.25, -0.2) is 0 Å². The van der Waals surface area contributed by atoms with Crippen molar-refractivity contribution < 1.29 is 0 Å². The highest BCUT2D eigenvalue weighted by Crippen LogP contribution is 2.31. The van der Waals surface area contributed by atoms with Crippen molar-refractivity contribution in [1.82, 2.24) is 5.32 Å². The number of hydrogen-bond acceptors (Lipinski definition) is 2. The van der Waals surface area contributed by atoms with E-state index >= 15 is 0 Å². The number of nitrogens with one attached hydrogen (secondary N) is 1. The molecule has 0 bridgehead atoms. The normalized spacial score (nSPS) is 15.8. The largest absolute Gasteiger partial charge is 0.312 e. The molecule has 0 amide bonds. The van der Waals surface area contributed by atoms with Crippen LogP contribution in [0.25, 0.3) is 0 Å². The number of thiophene rings is 1. The van der Waals surface area contributed by atoms with Gasteiger partial charge in [0.05, 0.1) is 0 Å². The van der Waals surface area contributed by atoms with E-state index in [4.69, 9.17) is 0 Å². The van der Waals surface area contributed by atoms with Crippen molar-refractivity contribution in [3.8, 4) is 0 Å². The molecular formula is C11H17NS. The van der Waals surface area contributed by atoms with Gasteiger partial charge < -0.3 is 5.32 Å². The van der Waals surface area contributed by atoms with E-state index < -0.39 is 0 Å². The standard InChI is InChI=1S/C11H17NS/c1-3-8-9-5-6-12-7-11(9)13-10(8)4-2/h12H,3-7H2,1-2H3. The molecule has 0 radical (unpaired) electrons. The van der Waals surface area contributed by atoms with Crippen LogP contribution >= 0.6 is 11.3 Å². The van der Waals surface area contributed by atoms with Crippen molar-refractivity contribution >= 4 is 11.3 Å². The fourth-order valence-electron chi connectivity index (χ4n) is 2.15. The predicted molar refractivity (Wildman–Crippen MR) is 58.5 cm³/mol. The Bertz CT molecular complexity index is 291. The van der Waals surface area contributed by atoms with Crippen molar-refractivity contribution in [1.29, 1.82) is 0 Å². The molecule has 13 heavy (non-hydrogen) atoms. The number of aryl methyl sites for hydroxylation is 1. The predicted octanol–water partition coefficient (Wildman–Crippen LogP) is 2.52. The highest BCUT2D eigenvalue weighted by atomic mass is 32.1. The van der Waals surface area contributed by atoms with Crippen LogP contribution in [0.5, 0.6) is 0 Å². The molecule has 0 spiro atoms. The number of hydrogen-bond donors (Lipinski definition) is 1. The average molecular weight is 195 g/mol. The van der Waals surface area contributed by atoms with E-state index in [9.17, 15) is 0 Å². The Morgan fingerprint density at radius 2 is 2.15 bits per heavy atom. The van der Waals surface area contributed by atoms with Crippen LogP contribution in [0.4, 0.5) is 0 Å². The molecule has 1 aromatic heterocycles. The second-order valence-electron chi connectivity index (χ2n) is 3.54. The molecule has 0 atom stereocenters. The second kappa shape index (κ2) is 3.81. The number of fused-ring (bicyclic) bond motifs is 1. The molecule has 1 N–H and O–H groups in total. The zero-order valence-corrected chi connectivity index (χ0v) is 9.26. The zero-order valence-electron chi connectivity index (χ0n) is 8.44. The Balaban J connectivity index is 2.44. The molecule has 1 aliphatic rings. The van der Waals surface area contributed by atoms with Crippen LogP contribution in [0, 0.1) is 0 Å². The Hall–Kier alpha value is -0.340. The van der Waals surface area contributed by atoms with Gasteiger partial charge in [0.1, 0.15) is 0 Å². The highest BCUT2D eigenvalue weighted by molar-refractivity contribution is 7.12. The molecule has 0 saturated heterocycles. The van der Waals surface area contributed by atoms with Crippen LogP contribution in [-0.2, 0) is 25.8 Å². The quantitative estimate of drug-likeness (QED) is 0.764. The first-order valence-electron chi connectivity index (χ1n) is 5.19. The van der Waals surface area contributed by atoms with Gasteiger partial charge >= 0.3 is 0 Å². The summed E-state index contributed by atoms with van der Waals surface area (Å²) in [4.78, 5) is 3.22. The maximum Gasteiger partial charge on any atom is 0.0302 e. The van der Waals surface area contributed by atoms with Crippen LogP contribution in [0.15, 0.2) is 0 Å². The summed E-state index contributed by atoms with van der Waals surface area (Å²) in [6, 6.07) is 0. The first-order valence-corrected chi connectivity index (χ1v) is 6.01. The summed E-state index contributed by atoms with van der Waals surface area (Å²) in [7, 11) is 0. The molecule has 72 valence electrons. The van der Waals surface area contributed by atoms with E-state index in [1.54, 1.807) is 20.9 Å². The maximum absolute atomic E-state index is 3.44. The zero-order chi connectivity index (χ0) is 9.26. The molecule has 1 aromatic rings. The molecule has 2 heterocycles. The van der Waals surface area contributed by atoms with Gasteiger partial charge in [0.2, 0.25) is 0 Å². The van der Waals surface area contributed by atoms with Gasteiger partial charge in [-0.1, -0.05) is 13.8 Å². The van der Waals surface area contributed by atoms with Crippen molar-refractivity contribution in [2.45, 2.75) is 39.7 Å². The molecule has 0 fully saturated rings. The van der Waals surface area contributed by atoms with Crippen molar-refractivity contribution in [3.05, 3.63) is 20.9 Å². The van der Waals surface area contributed by atoms with Gasteiger partial charge in [0.25, 0.3) is 0 Å². The summed E-state index contributed by atoms with van der Waals surface area (Å²) >= 11 is 2.02. The van der Waals surface area contributed by atoms with Crippen LogP contribution in [-0.4, -0.2) is 6.54 Å². The van der Waals surface area contributed by atoms with Gasteiger partial charge in [-0.05, 0) is 36.9 Å². The van der Waals surface area contributed by atoms with Crippen molar-refractivity contribution in [2.75, 3.05) is 6.54 Å². The Labute approximate surface area is 84.2 Å². The smallest absolute Gasteiger partial charge is 0.0302 e. The summed E-state index contributed by atoms with van der Waals surface area (Å²) in [6.45, 7) is 6.82. The lowest BCUT2D eigenvalue weighted by Crippen LogP contribution is -2.22. The lowest BCUT2D eigenvalue weighted by Gasteiger charge is -2.13. The van der Waals surface area contributed by atoms with E-state index in [2.05, 4.69) is 19.2 Å². The Morgan fingerprint density at radius 3 is 2.85 bits per heavy atom. The SMILES string of the molecule is CCc1sc2c(c1CC)CCNC2. The molecule has 0 saturated carbocycles. The first kappa shape index (κ1) is 9.22. The summed E-state index contributed by atoms with van der Waals surface area (Å²) in [5, 5.41) is 3.44. The van der Waals surface area contributed by atoms with E-state index in [1.165, 1.54) is 25.8 Å². The molecular weight excluding hydrogens is 178 g/mol. The minimum absolute atomic E-state index is 1.10. The molecule has 0 aromatic carbocycles. The third-order valence-electron chi connectivity index (χ3n) is 2.80. The molecule has 2 rings (SSSR count). The molecule has 0 aliphatic carbocycles. The van der Waals surface area contributed by atoms with Crippen molar-refractivity contribution in [2.24, 2.45) is 0 Å². The van der Waals surface area contributed by atoms with Crippen molar-refractivity contribution in [3.63, 3.8) is 0 Å². The minimum atomic E-state index is 1.10. The average Bonchev–Trinajstić information content (AvgIpc) is 2.55. The third kappa shape index (κ3) is 1.53. The summed E-state index contributed by atoms with van der Waals surface area (Å²) < 4.78 is 0. The first-order chi connectivity index (χ1) is 6.36. The minimum Gasteiger partial charge on any atom is -0.312 e. The van der Waals surface area contributed by atoms with Gasteiger partial charge in [0, 0.05) is 16.3 Å². The van der Waals surface area contributed by atoms with E-state index in [1.807, 2.05) is 11.3 Å². The van der Waals surface area contributed by atoms with Crippen LogP contribution in [0.1, 0.15) is 34.7 Å². The Kier molecular flexibility index (Phi) is 2.70. The lowest BCUT2D eigenvalue weighted by molar-refractivity contribution is 0.650. The van der Waals surface area contributed by atoms with Gasteiger partial charge in [-0.2, -0.15) is 0 Å². The second-order valence-corrected chi connectivity index (χ2v) is 4.73. The summed E-state index contributed by atoms with van der Waals surface area (Å²) in [6.07, 6.45) is 3.67. The van der Waals surface area contributed by atoms with E-state index in [0.717, 1.165) is 6.54 Å². The fourth-order valence-corrected chi connectivity index (χ4v) is 3.51. The fraction of sp³-hybridized carbons (Fsp3) is 0.636. The molecule has 1 nitrogen and oxygen atoms in total. The summed E-state index contributed by atoms with van der Waals surface area (Å²) in [5.41, 5.74) is 3.33. The van der Waals surface area contributed by atoms with E-state index in [0.29, 0.717) is 0 Å². The summed E-state index contributed by atoms with van der Waals surface area (Å²) in [5.74, 6) is 0. The lowest BCUT2D eigenvalue weighted by atomic mass is 10.0. The van der Waals surface area contributed by atoms with Gasteiger partial charge in [-0.3, -0.25) is 0 Å². The van der Waals surface area contributed by atoms with Crippen LogP contribution < -0.4 is 5.32 Å². The maximum atomic E-state index is 3.44. The van der Waals surface area contributed by atoms with Gasteiger partial charge in [0.15, 0.2) is 0 Å². The van der Waals surface area contributed by atoms with Crippen LogP contribution in [0.3, 0.4) is 0 Å². The molecule has 2 heteroatoms. The van der Waals surface area contributed by atoms with Crippen LogP contribution in [0.2, 0.25) is 0 Å². The monoisotopic (exact) mass is 195 g/mol. The van der Waals surface area contributed by atoms with E-state index in [-0.39, 0.29) is 0 Å². The third-order valence-corrected chi connectivity index (χ3v) is 4.21. The topological polar surface area (TPSA) is 12.0 Å². The highest BCUT2D eigenvalue weighted by Gasteiger charge is 2.17. The number of rotatable bonds is 2. The molecule has 1 aliphatic heterocycles. The molecule has 0 unspecified atom stereocenters. The van der Waals surface area contributed by atoms with Gasteiger partial charge in [-0.15, -0.1) is 11.3 Å². The Morgan fingerprint density at radius 1 is 1.31 bits per heavy atom.